The van der Waals surface area contributed by atoms with E-state index in [2.05, 4.69) is 15.2 Å². The van der Waals surface area contributed by atoms with Gasteiger partial charge in [-0.15, -0.1) is 0 Å². The molecule has 0 radical (unpaired) electrons. The fourth-order valence-electron chi connectivity index (χ4n) is 4.25. The number of likely N-dealkylation sites (tertiary alicyclic amines) is 1. The van der Waals surface area contributed by atoms with Crippen molar-refractivity contribution in [2.24, 2.45) is 0 Å². The maximum atomic E-state index is 12.2. The molecule has 2 aromatic rings. The summed E-state index contributed by atoms with van der Waals surface area (Å²) in [4.78, 5) is 21.1. The number of anilines is 3. The summed E-state index contributed by atoms with van der Waals surface area (Å²) in [6, 6.07) is 9.57. The van der Waals surface area contributed by atoms with Gasteiger partial charge in [0.25, 0.3) is 0 Å². The number of hydrogen-bond donors (Lipinski definition) is 1. The SMILES string of the molecule is CC(C)(C)OC(=O)N1CCC(Nc2ccc(N3CCc4cc(S(C)(=O)=O)ccc43)nc2)CC1. The van der Waals surface area contributed by atoms with Crippen LogP contribution in [0.25, 0.3) is 0 Å². The Morgan fingerprint density at radius 3 is 2.45 bits per heavy atom. The van der Waals surface area contributed by atoms with Gasteiger partial charge in [-0.1, -0.05) is 0 Å². The van der Waals surface area contributed by atoms with Gasteiger partial charge in [0.1, 0.15) is 11.4 Å². The molecule has 1 amide bonds. The minimum absolute atomic E-state index is 0.249. The molecule has 0 bridgehead atoms. The number of benzene rings is 1. The van der Waals surface area contributed by atoms with Crippen LogP contribution in [-0.2, 0) is 21.0 Å². The Hall–Kier alpha value is -2.81. The van der Waals surface area contributed by atoms with Crippen molar-refractivity contribution in [2.75, 3.05) is 36.1 Å². The zero-order valence-corrected chi connectivity index (χ0v) is 20.5. The number of pyridine rings is 1. The topological polar surface area (TPSA) is 91.8 Å². The third kappa shape index (κ3) is 5.58. The minimum Gasteiger partial charge on any atom is -0.444 e. The summed E-state index contributed by atoms with van der Waals surface area (Å²) in [7, 11) is -3.21. The standard InChI is InChI=1S/C24H32N4O4S/c1-24(2,3)32-23(29)27-12-10-18(11-13-27)26-19-5-8-22(25-16-19)28-14-9-17-15-20(33(4,30)31)6-7-21(17)28/h5-8,15-16,18,26H,9-14H2,1-4H3. The van der Waals surface area contributed by atoms with Crippen molar-refractivity contribution in [1.29, 1.82) is 0 Å². The third-order valence-electron chi connectivity index (χ3n) is 5.92. The maximum Gasteiger partial charge on any atom is 0.410 e. The van der Waals surface area contributed by atoms with Crippen molar-refractivity contribution >= 4 is 33.1 Å². The molecule has 0 aliphatic carbocycles. The van der Waals surface area contributed by atoms with Crippen molar-refractivity contribution in [3.05, 3.63) is 42.1 Å². The zero-order chi connectivity index (χ0) is 23.8. The Balaban J connectivity index is 1.35. The molecule has 8 nitrogen and oxygen atoms in total. The van der Waals surface area contributed by atoms with Gasteiger partial charge in [0, 0.05) is 37.6 Å². The molecule has 1 aromatic carbocycles. The lowest BCUT2D eigenvalue weighted by atomic mass is 10.1. The van der Waals surface area contributed by atoms with Crippen LogP contribution in [0.1, 0.15) is 39.2 Å². The van der Waals surface area contributed by atoms with Crippen LogP contribution in [0.2, 0.25) is 0 Å². The van der Waals surface area contributed by atoms with Gasteiger partial charge in [0.15, 0.2) is 9.84 Å². The largest absolute Gasteiger partial charge is 0.444 e. The second-order valence-electron chi connectivity index (χ2n) is 9.76. The van der Waals surface area contributed by atoms with Crippen LogP contribution in [-0.4, -0.2) is 61.9 Å². The maximum absolute atomic E-state index is 12.2. The summed E-state index contributed by atoms with van der Waals surface area (Å²) in [6.45, 7) is 7.73. The Bertz CT molecular complexity index is 1120. The van der Waals surface area contributed by atoms with E-state index in [-0.39, 0.29) is 12.1 Å². The lowest BCUT2D eigenvalue weighted by Crippen LogP contribution is -2.44. The highest BCUT2D eigenvalue weighted by Gasteiger charge is 2.27. The van der Waals surface area contributed by atoms with Crippen molar-refractivity contribution < 1.29 is 17.9 Å². The van der Waals surface area contributed by atoms with E-state index >= 15 is 0 Å². The van der Waals surface area contributed by atoms with Gasteiger partial charge < -0.3 is 19.9 Å². The van der Waals surface area contributed by atoms with Crippen molar-refractivity contribution in [3.8, 4) is 0 Å². The van der Waals surface area contributed by atoms with Crippen molar-refractivity contribution in [1.82, 2.24) is 9.88 Å². The first-order valence-corrected chi connectivity index (χ1v) is 13.2. The monoisotopic (exact) mass is 472 g/mol. The second kappa shape index (κ2) is 8.85. The second-order valence-corrected chi connectivity index (χ2v) is 11.8. The number of sulfone groups is 1. The highest BCUT2D eigenvalue weighted by molar-refractivity contribution is 7.90. The number of ether oxygens (including phenoxy) is 1. The summed E-state index contributed by atoms with van der Waals surface area (Å²) < 4.78 is 29.1. The highest BCUT2D eigenvalue weighted by Crippen LogP contribution is 2.35. The highest BCUT2D eigenvalue weighted by atomic mass is 32.2. The van der Waals surface area contributed by atoms with Gasteiger partial charge >= 0.3 is 6.09 Å². The van der Waals surface area contributed by atoms with E-state index in [9.17, 15) is 13.2 Å². The molecule has 1 aromatic heterocycles. The predicted octanol–water partition coefficient (Wildman–Crippen LogP) is 3.99. The quantitative estimate of drug-likeness (QED) is 0.719. The Morgan fingerprint density at radius 2 is 1.85 bits per heavy atom. The lowest BCUT2D eigenvalue weighted by molar-refractivity contribution is 0.0210. The molecule has 1 saturated heterocycles. The van der Waals surface area contributed by atoms with Crippen LogP contribution in [0.15, 0.2) is 41.4 Å². The first-order valence-electron chi connectivity index (χ1n) is 11.3. The molecule has 3 heterocycles. The molecule has 33 heavy (non-hydrogen) atoms. The number of aromatic nitrogens is 1. The molecular weight excluding hydrogens is 440 g/mol. The van der Waals surface area contributed by atoms with Gasteiger partial charge in [0.2, 0.25) is 0 Å². The van der Waals surface area contributed by atoms with Gasteiger partial charge in [-0.3, -0.25) is 0 Å². The molecule has 178 valence electrons. The summed E-state index contributed by atoms with van der Waals surface area (Å²) >= 11 is 0. The molecule has 2 aliphatic heterocycles. The number of piperidine rings is 1. The van der Waals surface area contributed by atoms with Crippen LogP contribution in [0.5, 0.6) is 0 Å². The number of carbonyl (C=O) groups excluding carboxylic acids is 1. The average Bonchev–Trinajstić information content (AvgIpc) is 3.16. The van der Waals surface area contributed by atoms with Gasteiger partial charge in [-0.25, -0.2) is 18.2 Å². The molecule has 9 heteroatoms. The van der Waals surface area contributed by atoms with E-state index < -0.39 is 15.4 Å². The predicted molar refractivity (Wildman–Crippen MR) is 129 cm³/mol. The first kappa shape index (κ1) is 23.4. The van der Waals surface area contributed by atoms with Crippen LogP contribution < -0.4 is 10.2 Å². The lowest BCUT2D eigenvalue weighted by Gasteiger charge is -2.34. The molecule has 0 saturated carbocycles. The van der Waals surface area contributed by atoms with Crippen molar-refractivity contribution in [3.63, 3.8) is 0 Å². The normalized spacial score (nSPS) is 17.1. The third-order valence-corrected chi connectivity index (χ3v) is 7.03. The minimum atomic E-state index is -3.21. The molecular formula is C24H32N4O4S. The van der Waals surface area contributed by atoms with Crippen LogP contribution in [0.4, 0.5) is 22.0 Å². The summed E-state index contributed by atoms with van der Waals surface area (Å²) in [5.74, 6) is 0.839. The number of amides is 1. The molecule has 2 aliphatic rings. The summed E-state index contributed by atoms with van der Waals surface area (Å²) in [5.41, 5.74) is 2.50. The van der Waals surface area contributed by atoms with E-state index in [0.29, 0.717) is 18.0 Å². The molecule has 0 atom stereocenters. The van der Waals surface area contributed by atoms with E-state index in [4.69, 9.17) is 4.74 Å². The molecule has 1 N–H and O–H groups in total. The number of fused-ring (bicyclic) bond motifs is 1. The zero-order valence-electron chi connectivity index (χ0n) is 19.7. The van der Waals surface area contributed by atoms with Crippen LogP contribution in [0, 0.1) is 0 Å². The van der Waals surface area contributed by atoms with E-state index in [1.54, 1.807) is 17.0 Å². The summed E-state index contributed by atoms with van der Waals surface area (Å²) in [6.07, 6.45) is 5.30. The summed E-state index contributed by atoms with van der Waals surface area (Å²) in [5, 5.41) is 3.52. The molecule has 1 fully saturated rings. The van der Waals surface area contributed by atoms with Crippen molar-refractivity contribution in [2.45, 2.75) is 56.6 Å². The first-order chi connectivity index (χ1) is 15.5. The fraction of sp³-hybridized carbons (Fsp3) is 0.500. The number of carbonyl (C=O) groups is 1. The van der Waals surface area contributed by atoms with E-state index in [0.717, 1.165) is 48.6 Å². The number of rotatable bonds is 4. The Morgan fingerprint density at radius 1 is 1.12 bits per heavy atom. The van der Waals surface area contributed by atoms with Gasteiger partial charge in [0.05, 0.1) is 16.8 Å². The van der Waals surface area contributed by atoms with E-state index in [1.165, 1.54) is 6.26 Å². The smallest absolute Gasteiger partial charge is 0.410 e. The molecule has 4 rings (SSSR count). The average molecular weight is 473 g/mol. The molecule has 0 spiro atoms. The number of nitrogens with one attached hydrogen (secondary N) is 1. The fourth-order valence-corrected chi connectivity index (χ4v) is 4.92. The van der Waals surface area contributed by atoms with Crippen LogP contribution >= 0.6 is 0 Å². The molecule has 0 unspecified atom stereocenters. The van der Waals surface area contributed by atoms with Gasteiger partial charge in [-0.2, -0.15) is 0 Å². The number of nitrogens with zero attached hydrogens (tertiary/aromatic N) is 3. The van der Waals surface area contributed by atoms with E-state index in [1.807, 2.05) is 45.2 Å². The Kier molecular flexibility index (Phi) is 6.26. The Labute approximate surface area is 195 Å². The van der Waals surface area contributed by atoms with Gasteiger partial charge in [-0.05, 0) is 75.9 Å². The van der Waals surface area contributed by atoms with Crippen LogP contribution in [0.3, 0.4) is 0 Å². The number of hydrogen-bond acceptors (Lipinski definition) is 7.